The fourth-order valence-electron chi connectivity index (χ4n) is 2.86. The van der Waals surface area contributed by atoms with E-state index in [1.807, 2.05) is 6.92 Å². The van der Waals surface area contributed by atoms with E-state index < -0.39 is 0 Å². The van der Waals surface area contributed by atoms with Crippen LogP contribution in [0.3, 0.4) is 0 Å². The Hall–Kier alpha value is -1.50. The Morgan fingerprint density at radius 3 is 2.80 bits per heavy atom. The number of amides is 2. The van der Waals surface area contributed by atoms with Crippen molar-refractivity contribution in [2.75, 3.05) is 6.54 Å². The highest BCUT2D eigenvalue weighted by Gasteiger charge is 2.49. The van der Waals surface area contributed by atoms with Gasteiger partial charge >= 0.3 is 0 Å². The van der Waals surface area contributed by atoms with E-state index in [2.05, 4.69) is 10.5 Å². The first-order valence-corrected chi connectivity index (χ1v) is 7.41. The molecule has 0 aromatic heterocycles. The molecule has 2 rings (SSSR count). The second kappa shape index (κ2) is 6.30. The zero-order valence-electron chi connectivity index (χ0n) is 11.6. The Bertz CT molecular complexity index is 463. The minimum absolute atomic E-state index is 0.00481. The number of carbonyl (C=O) groups excluding carboxylic acids is 2. The molecule has 110 valence electrons. The van der Waals surface area contributed by atoms with E-state index in [1.54, 1.807) is 0 Å². The molecule has 1 aliphatic heterocycles. The van der Waals surface area contributed by atoms with Crippen LogP contribution in [0.4, 0.5) is 0 Å². The number of fused-ring (bicyclic) bond motifs is 1. The fraction of sp³-hybridized carbons (Fsp3) is 0.692. The Labute approximate surface area is 123 Å². The number of imide groups is 1. The van der Waals surface area contributed by atoms with E-state index >= 15 is 0 Å². The van der Waals surface area contributed by atoms with Gasteiger partial charge in [-0.05, 0) is 37.9 Å². The topological polar surface area (TPSA) is 87.8 Å². The number of hydrogen-bond acceptors (Lipinski definition) is 4. The van der Waals surface area contributed by atoms with E-state index in [-0.39, 0.29) is 28.8 Å². The van der Waals surface area contributed by atoms with Gasteiger partial charge in [-0.15, -0.1) is 0 Å². The normalized spacial score (nSPS) is 27.9. The van der Waals surface area contributed by atoms with Crippen molar-refractivity contribution in [1.82, 2.24) is 10.3 Å². The average Bonchev–Trinajstić information content (AvgIpc) is 2.66. The lowest BCUT2D eigenvalue weighted by molar-refractivity contribution is -0.139. The number of hydrazone groups is 1. The van der Waals surface area contributed by atoms with E-state index in [0.29, 0.717) is 25.8 Å². The minimum atomic E-state index is -0.250. The van der Waals surface area contributed by atoms with E-state index in [4.69, 9.17) is 18.0 Å². The van der Waals surface area contributed by atoms with Gasteiger partial charge in [0.05, 0.1) is 11.8 Å². The summed E-state index contributed by atoms with van der Waals surface area (Å²) < 4.78 is 0. The van der Waals surface area contributed by atoms with Crippen LogP contribution in [0.15, 0.2) is 5.10 Å². The van der Waals surface area contributed by atoms with Gasteiger partial charge in [0.25, 0.3) is 0 Å². The number of nitrogens with zero attached hydrogens (tertiary/aromatic N) is 2. The molecule has 2 atom stereocenters. The van der Waals surface area contributed by atoms with Crippen LogP contribution in [0.2, 0.25) is 0 Å². The molecule has 6 nitrogen and oxygen atoms in total. The largest absolute Gasteiger partial charge is 0.375 e. The molecule has 1 heterocycles. The lowest BCUT2D eigenvalue weighted by Crippen LogP contribution is -2.32. The third kappa shape index (κ3) is 2.98. The van der Waals surface area contributed by atoms with Crippen molar-refractivity contribution in [2.45, 2.75) is 39.0 Å². The number of unbranched alkanes of at least 4 members (excludes halogenated alkanes) is 1. The SMILES string of the molecule is CCCCN1C(=O)[C@H]2CC/C(=N\NC(N)=S)C[C@@H]2C1=O. The summed E-state index contributed by atoms with van der Waals surface area (Å²) in [5, 5.41) is 4.22. The summed E-state index contributed by atoms with van der Waals surface area (Å²) in [6.45, 7) is 2.59. The number of carbonyl (C=O) groups is 2. The first-order chi connectivity index (χ1) is 9.54. The molecule has 2 fully saturated rings. The Morgan fingerprint density at radius 2 is 2.15 bits per heavy atom. The van der Waals surface area contributed by atoms with Crippen LogP contribution < -0.4 is 11.2 Å². The van der Waals surface area contributed by atoms with Gasteiger partial charge in [0.2, 0.25) is 11.8 Å². The standard InChI is InChI=1S/C13H20N4O2S/c1-2-3-6-17-11(18)9-5-4-8(15-16-13(14)20)7-10(9)12(17)19/h9-10H,2-7H2,1H3,(H3,14,16,20)/b15-8+/t9-,10-/m0/s1. The highest BCUT2D eigenvalue weighted by molar-refractivity contribution is 7.80. The van der Waals surface area contributed by atoms with Gasteiger partial charge in [-0.2, -0.15) is 5.10 Å². The van der Waals surface area contributed by atoms with Gasteiger partial charge in [-0.3, -0.25) is 19.9 Å². The average molecular weight is 296 g/mol. The van der Waals surface area contributed by atoms with Crippen LogP contribution in [0, 0.1) is 11.8 Å². The van der Waals surface area contributed by atoms with Crippen LogP contribution >= 0.6 is 12.2 Å². The number of thiocarbonyl (C=S) groups is 1. The molecule has 0 radical (unpaired) electrons. The second-order valence-corrected chi connectivity index (χ2v) is 5.73. The molecule has 0 aromatic carbocycles. The summed E-state index contributed by atoms with van der Waals surface area (Å²) >= 11 is 4.70. The second-order valence-electron chi connectivity index (χ2n) is 5.29. The molecule has 1 saturated heterocycles. The fourth-order valence-corrected chi connectivity index (χ4v) is 2.90. The van der Waals surface area contributed by atoms with Crippen LogP contribution in [-0.4, -0.2) is 34.1 Å². The van der Waals surface area contributed by atoms with Gasteiger partial charge in [0, 0.05) is 12.3 Å². The lowest BCUT2D eigenvalue weighted by atomic mass is 9.80. The van der Waals surface area contributed by atoms with Crippen LogP contribution in [0.25, 0.3) is 0 Å². The maximum Gasteiger partial charge on any atom is 0.233 e. The maximum atomic E-state index is 12.3. The number of nitrogens with one attached hydrogen (secondary N) is 1. The molecule has 0 unspecified atom stereocenters. The smallest absolute Gasteiger partial charge is 0.233 e. The molecule has 1 saturated carbocycles. The Kier molecular flexibility index (Phi) is 4.69. The molecule has 20 heavy (non-hydrogen) atoms. The van der Waals surface area contributed by atoms with Crippen molar-refractivity contribution in [3.8, 4) is 0 Å². The summed E-state index contributed by atoms with van der Waals surface area (Å²) in [6, 6.07) is 0. The molecule has 7 heteroatoms. The van der Waals surface area contributed by atoms with Crippen molar-refractivity contribution in [1.29, 1.82) is 0 Å². The van der Waals surface area contributed by atoms with E-state index in [1.165, 1.54) is 4.90 Å². The van der Waals surface area contributed by atoms with E-state index in [9.17, 15) is 9.59 Å². The van der Waals surface area contributed by atoms with E-state index in [0.717, 1.165) is 18.6 Å². The molecule has 2 amide bonds. The van der Waals surface area contributed by atoms with Gasteiger partial charge < -0.3 is 5.73 Å². The monoisotopic (exact) mass is 296 g/mol. The molecule has 0 spiro atoms. The van der Waals surface area contributed by atoms with Crippen molar-refractivity contribution >= 4 is 34.9 Å². The first-order valence-electron chi connectivity index (χ1n) is 7.00. The molecular weight excluding hydrogens is 276 g/mol. The van der Waals surface area contributed by atoms with Crippen molar-refractivity contribution in [3.05, 3.63) is 0 Å². The summed E-state index contributed by atoms with van der Waals surface area (Å²) in [5.41, 5.74) is 8.74. The number of rotatable bonds is 4. The first kappa shape index (κ1) is 14.9. The molecule has 1 aliphatic carbocycles. The number of nitrogens with two attached hydrogens (primary N) is 1. The quantitative estimate of drug-likeness (QED) is 0.454. The Morgan fingerprint density at radius 1 is 1.45 bits per heavy atom. The predicted molar refractivity (Wildman–Crippen MR) is 79.8 cm³/mol. The van der Waals surface area contributed by atoms with Crippen molar-refractivity contribution in [2.24, 2.45) is 22.7 Å². The summed E-state index contributed by atoms with van der Waals surface area (Å²) in [6.07, 6.45) is 3.73. The molecule has 2 aliphatic rings. The molecule has 0 aromatic rings. The third-order valence-electron chi connectivity index (χ3n) is 3.91. The summed E-state index contributed by atoms with van der Waals surface area (Å²) in [7, 11) is 0. The summed E-state index contributed by atoms with van der Waals surface area (Å²) in [5.74, 6) is -0.464. The molecule has 0 bridgehead atoms. The van der Waals surface area contributed by atoms with Crippen LogP contribution in [0.5, 0.6) is 0 Å². The van der Waals surface area contributed by atoms with Crippen molar-refractivity contribution in [3.63, 3.8) is 0 Å². The number of likely N-dealkylation sites (tertiary alicyclic amines) is 1. The van der Waals surface area contributed by atoms with Gasteiger partial charge in [-0.25, -0.2) is 0 Å². The molecular formula is C13H20N4O2S. The lowest BCUT2D eigenvalue weighted by Gasteiger charge is -2.22. The minimum Gasteiger partial charge on any atom is -0.375 e. The predicted octanol–water partition coefficient (Wildman–Crippen LogP) is 0.761. The van der Waals surface area contributed by atoms with Crippen LogP contribution in [-0.2, 0) is 9.59 Å². The highest BCUT2D eigenvalue weighted by Crippen LogP contribution is 2.37. The third-order valence-corrected chi connectivity index (χ3v) is 4.00. The zero-order valence-corrected chi connectivity index (χ0v) is 12.4. The van der Waals surface area contributed by atoms with Gasteiger partial charge in [-0.1, -0.05) is 13.3 Å². The maximum absolute atomic E-state index is 12.3. The van der Waals surface area contributed by atoms with Gasteiger partial charge in [0.1, 0.15) is 0 Å². The Balaban J connectivity index is 2.05. The number of hydrogen-bond donors (Lipinski definition) is 2. The van der Waals surface area contributed by atoms with Crippen molar-refractivity contribution < 1.29 is 9.59 Å². The van der Waals surface area contributed by atoms with Crippen LogP contribution in [0.1, 0.15) is 39.0 Å². The van der Waals surface area contributed by atoms with Gasteiger partial charge in [0.15, 0.2) is 5.11 Å². The molecule has 3 N–H and O–H groups in total. The summed E-state index contributed by atoms with van der Waals surface area (Å²) in [4.78, 5) is 26.0. The zero-order chi connectivity index (χ0) is 14.7. The highest BCUT2D eigenvalue weighted by atomic mass is 32.1.